The molecule has 0 spiro atoms. The van der Waals surface area contributed by atoms with Gasteiger partial charge in [-0.15, -0.1) is 0 Å². The monoisotopic (exact) mass is 803 g/mol. The summed E-state index contributed by atoms with van der Waals surface area (Å²) in [6.45, 7) is 0. The lowest BCUT2D eigenvalue weighted by Crippen LogP contribution is -1.99. The molecular weight excluding hydrogens is 767 g/mol. The minimum atomic E-state index is 0.671. The molecule has 12 rings (SSSR count). The second-order valence-electron chi connectivity index (χ2n) is 15.8. The molecule has 63 heavy (non-hydrogen) atoms. The Labute approximate surface area is 364 Å². The first-order chi connectivity index (χ1) is 31.2. The van der Waals surface area contributed by atoms with E-state index in [0.717, 1.165) is 105 Å². The molecule has 0 N–H and O–H groups in total. The standard InChI is InChI=1S/C58H37N5/c1-4-18-39(19-5-1)53-50-34-33-38-17-10-11-30-48(38)55(50)61-56(59-53)45-26-15-24-43(36-45)41-22-14-23-42(35-41)44-25-16-27-46(37-44)57-60-54(40-20-6-2-7-21-40)52-49-31-12-13-32-51(49)63(58(52)62-57)47-28-8-3-9-29-47/h1-37H. The Bertz CT molecular complexity index is 3670. The number of hydrogen-bond donors (Lipinski definition) is 0. The second-order valence-corrected chi connectivity index (χ2v) is 15.8. The SMILES string of the molecule is c1ccc(-c2nc(-c3cccc(-c4cccc(-c5cccc(-c6nc(-c7ccccc7)c7c8ccccc8n(-c8ccccc8)c7n6)c5)c4)c3)nc3c2ccc2ccccc23)cc1. The molecule has 0 radical (unpaired) electrons. The van der Waals surface area contributed by atoms with Crippen molar-refractivity contribution in [3.63, 3.8) is 0 Å². The van der Waals surface area contributed by atoms with Gasteiger partial charge in [-0.1, -0.05) is 182 Å². The lowest BCUT2D eigenvalue weighted by molar-refractivity contribution is 1.11. The van der Waals surface area contributed by atoms with Crippen molar-refractivity contribution in [2.24, 2.45) is 0 Å². The number of hydrogen-bond acceptors (Lipinski definition) is 4. The number of para-hydroxylation sites is 2. The van der Waals surface area contributed by atoms with Crippen LogP contribution in [0.25, 0.3) is 117 Å². The van der Waals surface area contributed by atoms with Gasteiger partial charge in [-0.2, -0.15) is 0 Å². The van der Waals surface area contributed by atoms with E-state index in [1.165, 1.54) is 0 Å². The van der Waals surface area contributed by atoms with E-state index < -0.39 is 0 Å². The molecule has 0 aliphatic rings. The fraction of sp³-hybridized carbons (Fsp3) is 0. The van der Waals surface area contributed by atoms with Crippen LogP contribution in [0, 0.1) is 0 Å². The summed E-state index contributed by atoms with van der Waals surface area (Å²) >= 11 is 0. The van der Waals surface area contributed by atoms with Crippen LogP contribution in [0.3, 0.4) is 0 Å². The van der Waals surface area contributed by atoms with Crippen molar-refractivity contribution in [2.75, 3.05) is 0 Å². The summed E-state index contributed by atoms with van der Waals surface area (Å²) in [5.74, 6) is 1.37. The molecule has 0 saturated carbocycles. The molecule has 0 saturated heterocycles. The highest BCUT2D eigenvalue weighted by molar-refractivity contribution is 6.14. The molecular formula is C58H37N5. The van der Waals surface area contributed by atoms with Crippen molar-refractivity contribution >= 4 is 43.6 Å². The fourth-order valence-electron chi connectivity index (χ4n) is 8.99. The maximum Gasteiger partial charge on any atom is 0.162 e. The van der Waals surface area contributed by atoms with E-state index in [1.54, 1.807) is 0 Å². The van der Waals surface area contributed by atoms with Gasteiger partial charge in [0, 0.05) is 44.1 Å². The van der Waals surface area contributed by atoms with Gasteiger partial charge in [-0.25, -0.2) is 19.9 Å². The molecule has 9 aromatic carbocycles. The molecule has 294 valence electrons. The molecule has 5 nitrogen and oxygen atoms in total. The molecule has 0 aliphatic carbocycles. The normalized spacial score (nSPS) is 11.5. The first kappa shape index (κ1) is 36.3. The predicted molar refractivity (Wildman–Crippen MR) is 260 cm³/mol. The van der Waals surface area contributed by atoms with Crippen molar-refractivity contribution in [2.45, 2.75) is 0 Å². The number of benzene rings is 9. The number of fused-ring (bicyclic) bond motifs is 6. The Balaban J connectivity index is 0.963. The van der Waals surface area contributed by atoms with Crippen LogP contribution in [0.15, 0.2) is 224 Å². The van der Waals surface area contributed by atoms with Gasteiger partial charge in [0.15, 0.2) is 11.6 Å². The van der Waals surface area contributed by atoms with E-state index in [4.69, 9.17) is 19.9 Å². The highest BCUT2D eigenvalue weighted by Crippen LogP contribution is 2.39. The van der Waals surface area contributed by atoms with Gasteiger partial charge >= 0.3 is 0 Å². The number of rotatable bonds is 7. The van der Waals surface area contributed by atoms with Crippen LogP contribution < -0.4 is 0 Å². The zero-order valence-corrected chi connectivity index (χ0v) is 34.1. The van der Waals surface area contributed by atoms with E-state index in [9.17, 15) is 0 Å². The Kier molecular flexibility index (Phi) is 8.75. The largest absolute Gasteiger partial charge is 0.294 e. The molecule has 0 bridgehead atoms. The fourth-order valence-corrected chi connectivity index (χ4v) is 8.99. The Morgan fingerprint density at radius 1 is 0.302 bits per heavy atom. The van der Waals surface area contributed by atoms with Crippen LogP contribution in [0.5, 0.6) is 0 Å². The quantitative estimate of drug-likeness (QED) is 0.151. The molecule has 0 aliphatic heterocycles. The molecule has 0 amide bonds. The lowest BCUT2D eigenvalue weighted by atomic mass is 9.96. The van der Waals surface area contributed by atoms with Crippen molar-refractivity contribution in [3.05, 3.63) is 224 Å². The Morgan fingerprint density at radius 2 is 0.778 bits per heavy atom. The lowest BCUT2D eigenvalue weighted by Gasteiger charge is -2.13. The molecule has 3 aromatic heterocycles. The van der Waals surface area contributed by atoms with Crippen molar-refractivity contribution < 1.29 is 0 Å². The highest BCUT2D eigenvalue weighted by atomic mass is 15.1. The summed E-state index contributed by atoms with van der Waals surface area (Å²) in [5, 5.41) is 5.46. The summed E-state index contributed by atoms with van der Waals surface area (Å²) in [5.41, 5.74) is 14.2. The van der Waals surface area contributed by atoms with Crippen LogP contribution in [0.1, 0.15) is 0 Å². The van der Waals surface area contributed by atoms with Crippen molar-refractivity contribution in [1.29, 1.82) is 0 Å². The van der Waals surface area contributed by atoms with Gasteiger partial charge in [-0.05, 0) is 70.1 Å². The third kappa shape index (κ3) is 6.42. The van der Waals surface area contributed by atoms with Crippen LogP contribution in [0.4, 0.5) is 0 Å². The van der Waals surface area contributed by atoms with Crippen LogP contribution in [-0.4, -0.2) is 24.5 Å². The van der Waals surface area contributed by atoms with Gasteiger partial charge in [0.2, 0.25) is 0 Å². The summed E-state index contributed by atoms with van der Waals surface area (Å²) < 4.78 is 2.26. The Morgan fingerprint density at radius 3 is 1.43 bits per heavy atom. The molecule has 0 fully saturated rings. The maximum absolute atomic E-state index is 5.38. The van der Waals surface area contributed by atoms with E-state index in [2.05, 4.69) is 211 Å². The Hall–Kier alpha value is -8.54. The topological polar surface area (TPSA) is 56.5 Å². The van der Waals surface area contributed by atoms with E-state index in [-0.39, 0.29) is 0 Å². The predicted octanol–water partition coefficient (Wildman–Crippen LogP) is 14.7. The van der Waals surface area contributed by atoms with Gasteiger partial charge in [-0.3, -0.25) is 4.57 Å². The highest BCUT2D eigenvalue weighted by Gasteiger charge is 2.21. The van der Waals surface area contributed by atoms with Crippen LogP contribution >= 0.6 is 0 Å². The summed E-state index contributed by atoms with van der Waals surface area (Å²) in [7, 11) is 0. The average Bonchev–Trinajstić information content (AvgIpc) is 3.71. The zero-order valence-electron chi connectivity index (χ0n) is 34.1. The maximum atomic E-state index is 5.38. The third-order valence-electron chi connectivity index (χ3n) is 12.0. The van der Waals surface area contributed by atoms with Crippen molar-refractivity contribution in [3.8, 4) is 73.2 Å². The third-order valence-corrected chi connectivity index (χ3v) is 12.0. The summed E-state index contributed by atoms with van der Waals surface area (Å²) in [6, 6.07) is 78.5. The van der Waals surface area contributed by atoms with Crippen molar-refractivity contribution in [1.82, 2.24) is 24.5 Å². The molecule has 3 heterocycles. The van der Waals surface area contributed by atoms with Gasteiger partial charge in [0.05, 0.1) is 27.8 Å². The van der Waals surface area contributed by atoms with Gasteiger partial charge in [0.25, 0.3) is 0 Å². The molecule has 0 atom stereocenters. The van der Waals surface area contributed by atoms with E-state index in [1.807, 2.05) is 18.2 Å². The molecule has 5 heteroatoms. The van der Waals surface area contributed by atoms with Crippen LogP contribution in [0.2, 0.25) is 0 Å². The van der Waals surface area contributed by atoms with Crippen LogP contribution in [-0.2, 0) is 0 Å². The second kappa shape index (κ2) is 15.2. The minimum absolute atomic E-state index is 0.671. The van der Waals surface area contributed by atoms with Gasteiger partial charge < -0.3 is 0 Å². The molecule has 0 unspecified atom stereocenters. The minimum Gasteiger partial charge on any atom is -0.294 e. The number of nitrogens with zero attached hydrogens (tertiary/aromatic N) is 5. The van der Waals surface area contributed by atoms with E-state index >= 15 is 0 Å². The average molecular weight is 804 g/mol. The smallest absolute Gasteiger partial charge is 0.162 e. The van der Waals surface area contributed by atoms with E-state index in [0.29, 0.717) is 11.6 Å². The molecule has 12 aromatic rings. The first-order valence-corrected chi connectivity index (χ1v) is 21.2. The zero-order chi connectivity index (χ0) is 41.7. The summed E-state index contributed by atoms with van der Waals surface area (Å²) in [6.07, 6.45) is 0. The number of aromatic nitrogens is 5. The first-order valence-electron chi connectivity index (χ1n) is 21.2. The summed E-state index contributed by atoms with van der Waals surface area (Å²) in [4.78, 5) is 21.2. The van der Waals surface area contributed by atoms with Gasteiger partial charge in [0.1, 0.15) is 5.65 Å².